The minimum Gasteiger partial charge on any atom is -0.494 e. The zero-order valence-corrected chi connectivity index (χ0v) is 17.4. The summed E-state index contributed by atoms with van der Waals surface area (Å²) < 4.78 is 11.1. The molecule has 0 bridgehead atoms. The molecule has 1 aliphatic heterocycles. The Hall–Kier alpha value is -2.15. The predicted octanol–water partition coefficient (Wildman–Crippen LogP) is 2.42. The smallest absolute Gasteiger partial charge is 0.171 e. The second-order valence-corrected chi connectivity index (χ2v) is 7.41. The van der Waals surface area contributed by atoms with Crippen LogP contribution in [-0.2, 0) is 4.74 Å². The van der Waals surface area contributed by atoms with Crippen LogP contribution in [0.4, 0.5) is 5.69 Å². The second kappa shape index (κ2) is 10.4. The molecule has 2 aromatic carbocycles. The molecule has 0 spiro atoms. The van der Waals surface area contributed by atoms with Gasteiger partial charge in [0.15, 0.2) is 5.11 Å². The molecule has 0 radical (unpaired) electrons. The van der Waals surface area contributed by atoms with Gasteiger partial charge in [0.2, 0.25) is 0 Å². The lowest BCUT2D eigenvalue weighted by atomic mass is 9.98. The van der Waals surface area contributed by atoms with Gasteiger partial charge in [-0.3, -0.25) is 0 Å². The molecule has 150 valence electrons. The Morgan fingerprint density at radius 2 is 1.79 bits per heavy atom. The van der Waals surface area contributed by atoms with Crippen LogP contribution in [-0.4, -0.2) is 44.1 Å². The van der Waals surface area contributed by atoms with E-state index in [0.717, 1.165) is 37.7 Å². The summed E-state index contributed by atoms with van der Waals surface area (Å²) in [5, 5.41) is 7.40. The van der Waals surface area contributed by atoms with Crippen molar-refractivity contribution in [1.82, 2.24) is 5.32 Å². The van der Waals surface area contributed by atoms with Crippen LogP contribution in [0.25, 0.3) is 0 Å². The largest absolute Gasteiger partial charge is 0.494 e. The number of hydrogen-bond acceptors (Lipinski definition) is 3. The first-order valence-corrected chi connectivity index (χ1v) is 10.4. The van der Waals surface area contributed by atoms with E-state index in [4.69, 9.17) is 21.7 Å². The fraction of sp³-hybridized carbons (Fsp3) is 0.409. The molecule has 1 saturated heterocycles. The molecular weight excluding hydrogens is 370 g/mol. The van der Waals surface area contributed by atoms with E-state index in [2.05, 4.69) is 47.9 Å². The molecule has 0 aromatic heterocycles. The molecule has 6 heteroatoms. The van der Waals surface area contributed by atoms with Crippen LogP contribution in [0.1, 0.15) is 25.5 Å². The first kappa shape index (κ1) is 20.6. The third kappa shape index (κ3) is 5.67. The van der Waals surface area contributed by atoms with E-state index in [0.29, 0.717) is 17.8 Å². The van der Waals surface area contributed by atoms with Crippen molar-refractivity contribution in [3.8, 4) is 5.75 Å². The minimum atomic E-state index is 0.179. The number of quaternary nitrogens is 1. The Morgan fingerprint density at radius 1 is 1.11 bits per heavy atom. The molecule has 0 unspecified atom stereocenters. The van der Waals surface area contributed by atoms with Gasteiger partial charge in [0.1, 0.15) is 24.9 Å². The SMILES string of the molecule is CCOc1ccc(NC(=S)N[C@H](C)[C@@H](c2ccccc2)[NH+]2CCOCC2)cc1. The second-order valence-electron chi connectivity index (χ2n) is 7.00. The highest BCUT2D eigenvalue weighted by Crippen LogP contribution is 2.17. The van der Waals surface area contributed by atoms with Crippen LogP contribution in [0.15, 0.2) is 54.6 Å². The minimum absolute atomic E-state index is 0.179. The number of rotatable bonds is 7. The van der Waals surface area contributed by atoms with Crippen LogP contribution in [0.2, 0.25) is 0 Å². The monoisotopic (exact) mass is 400 g/mol. The molecular formula is C22H30N3O2S+. The van der Waals surface area contributed by atoms with Gasteiger partial charge in [0, 0.05) is 11.3 Å². The van der Waals surface area contributed by atoms with Crippen LogP contribution < -0.4 is 20.3 Å². The topological polar surface area (TPSA) is 47.0 Å². The number of morpholine rings is 1. The van der Waals surface area contributed by atoms with Gasteiger partial charge < -0.3 is 25.0 Å². The van der Waals surface area contributed by atoms with Gasteiger partial charge >= 0.3 is 0 Å². The van der Waals surface area contributed by atoms with Crippen LogP contribution in [0.3, 0.4) is 0 Å². The third-order valence-corrected chi connectivity index (χ3v) is 5.24. The van der Waals surface area contributed by atoms with E-state index in [1.807, 2.05) is 31.2 Å². The summed E-state index contributed by atoms with van der Waals surface area (Å²) in [6.07, 6.45) is 0. The summed E-state index contributed by atoms with van der Waals surface area (Å²) in [5.41, 5.74) is 2.27. The van der Waals surface area contributed by atoms with Crippen molar-refractivity contribution < 1.29 is 14.4 Å². The highest BCUT2D eigenvalue weighted by atomic mass is 32.1. The molecule has 1 heterocycles. The maximum absolute atomic E-state index is 5.58. The van der Waals surface area contributed by atoms with E-state index in [1.165, 1.54) is 10.5 Å². The number of ether oxygens (including phenoxy) is 2. The molecule has 28 heavy (non-hydrogen) atoms. The summed E-state index contributed by atoms with van der Waals surface area (Å²) in [4.78, 5) is 1.53. The van der Waals surface area contributed by atoms with Crippen molar-refractivity contribution >= 4 is 23.0 Å². The normalized spacial score (nSPS) is 16.8. The average molecular weight is 401 g/mol. The van der Waals surface area contributed by atoms with Gasteiger partial charge in [-0.15, -0.1) is 0 Å². The van der Waals surface area contributed by atoms with Crippen molar-refractivity contribution in [2.75, 3.05) is 38.2 Å². The van der Waals surface area contributed by atoms with E-state index in [9.17, 15) is 0 Å². The summed E-state index contributed by atoms with van der Waals surface area (Å²) in [7, 11) is 0. The summed E-state index contributed by atoms with van der Waals surface area (Å²) >= 11 is 5.58. The zero-order valence-electron chi connectivity index (χ0n) is 16.6. The van der Waals surface area contributed by atoms with E-state index < -0.39 is 0 Å². The Kier molecular flexibility index (Phi) is 7.65. The number of hydrogen-bond donors (Lipinski definition) is 3. The van der Waals surface area contributed by atoms with E-state index in [-0.39, 0.29) is 6.04 Å². The maximum Gasteiger partial charge on any atom is 0.171 e. The van der Waals surface area contributed by atoms with Crippen molar-refractivity contribution in [2.45, 2.75) is 25.9 Å². The third-order valence-electron chi connectivity index (χ3n) is 5.02. The van der Waals surface area contributed by atoms with Gasteiger partial charge in [-0.25, -0.2) is 0 Å². The lowest BCUT2D eigenvalue weighted by Gasteiger charge is -2.35. The molecule has 1 aliphatic rings. The van der Waals surface area contributed by atoms with Gasteiger partial charge in [-0.05, 0) is 50.3 Å². The number of anilines is 1. The van der Waals surface area contributed by atoms with Gasteiger partial charge in [-0.2, -0.15) is 0 Å². The molecule has 0 saturated carbocycles. The molecule has 3 rings (SSSR count). The fourth-order valence-electron chi connectivity index (χ4n) is 3.74. The molecule has 5 nitrogen and oxygen atoms in total. The quantitative estimate of drug-likeness (QED) is 0.623. The molecule has 3 N–H and O–H groups in total. The fourth-order valence-corrected chi connectivity index (χ4v) is 4.05. The Labute approximate surface area is 173 Å². The van der Waals surface area contributed by atoms with Gasteiger partial charge in [-0.1, -0.05) is 30.3 Å². The van der Waals surface area contributed by atoms with Gasteiger partial charge in [0.25, 0.3) is 0 Å². The number of benzene rings is 2. The summed E-state index contributed by atoms with van der Waals surface area (Å²) in [6.45, 7) is 8.46. The molecule has 0 amide bonds. The van der Waals surface area contributed by atoms with Gasteiger partial charge in [0.05, 0.1) is 25.9 Å². The average Bonchev–Trinajstić information content (AvgIpc) is 2.71. The van der Waals surface area contributed by atoms with E-state index >= 15 is 0 Å². The first-order valence-electron chi connectivity index (χ1n) is 9.95. The van der Waals surface area contributed by atoms with Crippen LogP contribution >= 0.6 is 12.2 Å². The molecule has 1 fully saturated rings. The Bertz CT molecular complexity index is 733. The van der Waals surface area contributed by atoms with E-state index in [1.54, 1.807) is 0 Å². The zero-order chi connectivity index (χ0) is 19.8. The highest BCUT2D eigenvalue weighted by molar-refractivity contribution is 7.80. The van der Waals surface area contributed by atoms with Crippen molar-refractivity contribution in [2.24, 2.45) is 0 Å². The lowest BCUT2D eigenvalue weighted by molar-refractivity contribution is -0.940. The maximum atomic E-state index is 5.58. The Balaban J connectivity index is 1.65. The number of thiocarbonyl (C=S) groups is 1. The highest BCUT2D eigenvalue weighted by Gasteiger charge is 2.31. The van der Waals surface area contributed by atoms with Crippen molar-refractivity contribution in [1.29, 1.82) is 0 Å². The predicted molar refractivity (Wildman–Crippen MR) is 117 cm³/mol. The molecule has 0 aliphatic carbocycles. The summed E-state index contributed by atoms with van der Waals surface area (Å²) in [5.74, 6) is 0.861. The Morgan fingerprint density at radius 3 is 2.43 bits per heavy atom. The van der Waals surface area contributed by atoms with Crippen molar-refractivity contribution in [3.63, 3.8) is 0 Å². The molecule has 2 aromatic rings. The lowest BCUT2D eigenvalue weighted by Crippen LogP contribution is -3.15. The van der Waals surface area contributed by atoms with Crippen LogP contribution in [0, 0.1) is 0 Å². The number of nitrogens with one attached hydrogen (secondary N) is 3. The van der Waals surface area contributed by atoms with Crippen LogP contribution in [0.5, 0.6) is 5.75 Å². The standard InChI is InChI=1S/C22H29N3O2S/c1-3-27-20-11-9-19(10-12-20)24-22(28)23-17(2)21(18-7-5-4-6-8-18)25-13-15-26-16-14-25/h4-12,17,21H,3,13-16H2,1-2H3,(H2,23,24,28)/p+1/t17-,21+/m1/s1. The van der Waals surface area contributed by atoms with Crippen molar-refractivity contribution in [3.05, 3.63) is 60.2 Å². The first-order chi connectivity index (χ1) is 13.7. The molecule has 2 atom stereocenters. The summed E-state index contributed by atoms with van der Waals surface area (Å²) in [6, 6.07) is 19.0.